The van der Waals surface area contributed by atoms with Crippen molar-refractivity contribution in [2.24, 2.45) is 5.92 Å². The van der Waals surface area contributed by atoms with Crippen LogP contribution in [-0.2, 0) is 11.2 Å². The minimum atomic E-state index is -0.413. The maximum Gasteiger partial charge on any atom is 0.142 e. The van der Waals surface area contributed by atoms with Gasteiger partial charge in [-0.05, 0) is 40.1 Å². The molecule has 1 atom stereocenters. The SMILES string of the molecule is C=C/C(OC)=C(\C=C)C(CO)Cc1ncc(F)cc1Br. The van der Waals surface area contributed by atoms with Gasteiger partial charge in [-0.3, -0.25) is 4.98 Å². The topological polar surface area (TPSA) is 42.4 Å². The number of hydrogen-bond donors (Lipinski definition) is 1. The second-order valence-corrected chi connectivity index (χ2v) is 4.95. The summed E-state index contributed by atoms with van der Waals surface area (Å²) in [6.07, 6.45) is 4.77. The van der Waals surface area contributed by atoms with E-state index in [2.05, 4.69) is 34.1 Å². The van der Waals surface area contributed by atoms with Gasteiger partial charge in [-0.1, -0.05) is 19.2 Å². The van der Waals surface area contributed by atoms with Crippen molar-refractivity contribution in [1.82, 2.24) is 4.98 Å². The molecule has 1 aromatic heterocycles. The van der Waals surface area contributed by atoms with Gasteiger partial charge in [-0.15, -0.1) is 0 Å². The summed E-state index contributed by atoms with van der Waals surface area (Å²) in [6.45, 7) is 7.30. The molecule has 1 unspecified atom stereocenters. The van der Waals surface area contributed by atoms with Gasteiger partial charge in [-0.25, -0.2) is 4.39 Å². The largest absolute Gasteiger partial charge is 0.496 e. The maximum absolute atomic E-state index is 13.0. The van der Waals surface area contributed by atoms with Crippen LogP contribution in [0, 0.1) is 11.7 Å². The van der Waals surface area contributed by atoms with Gasteiger partial charge in [0.05, 0.1) is 25.6 Å². The first-order valence-corrected chi connectivity index (χ1v) is 6.80. The quantitative estimate of drug-likeness (QED) is 0.610. The normalized spacial score (nSPS) is 13.4. The Morgan fingerprint density at radius 3 is 2.70 bits per heavy atom. The van der Waals surface area contributed by atoms with Crippen molar-refractivity contribution >= 4 is 15.9 Å². The highest BCUT2D eigenvalue weighted by Gasteiger charge is 2.18. The van der Waals surface area contributed by atoms with Gasteiger partial charge in [0.2, 0.25) is 0 Å². The minimum Gasteiger partial charge on any atom is -0.496 e. The van der Waals surface area contributed by atoms with E-state index in [4.69, 9.17) is 4.74 Å². The van der Waals surface area contributed by atoms with Gasteiger partial charge in [0.15, 0.2) is 0 Å². The summed E-state index contributed by atoms with van der Waals surface area (Å²) in [7, 11) is 1.53. The molecule has 1 rings (SSSR count). The number of pyridine rings is 1. The van der Waals surface area contributed by atoms with Crippen molar-refractivity contribution in [1.29, 1.82) is 0 Å². The van der Waals surface area contributed by atoms with Crippen LogP contribution < -0.4 is 0 Å². The third-order valence-electron chi connectivity index (χ3n) is 2.89. The standard InChI is InChI=1S/C15H17BrFNO2/c1-4-12(15(5-2)20-3)10(9-19)6-14-13(16)7-11(17)8-18-14/h4-5,7-8,10,19H,1-2,6,9H2,3H3/b15-12-. The molecule has 0 amide bonds. The van der Waals surface area contributed by atoms with Gasteiger partial charge >= 0.3 is 0 Å². The fraction of sp³-hybridized carbons (Fsp3) is 0.267. The second-order valence-electron chi connectivity index (χ2n) is 4.10. The second kappa shape index (κ2) is 7.97. The molecular formula is C15H17BrFNO2. The Labute approximate surface area is 126 Å². The van der Waals surface area contributed by atoms with Crippen LogP contribution in [0.1, 0.15) is 5.69 Å². The third-order valence-corrected chi connectivity index (χ3v) is 3.58. The average Bonchev–Trinajstić information content (AvgIpc) is 2.44. The highest BCUT2D eigenvalue weighted by molar-refractivity contribution is 9.10. The number of aliphatic hydroxyl groups is 1. The fourth-order valence-electron chi connectivity index (χ4n) is 1.89. The molecule has 0 saturated heterocycles. The maximum atomic E-state index is 13.0. The van der Waals surface area contributed by atoms with E-state index in [0.29, 0.717) is 22.3 Å². The number of allylic oxidation sites excluding steroid dienone is 2. The Bertz CT molecular complexity index is 529. The van der Waals surface area contributed by atoms with Crippen molar-refractivity contribution in [3.05, 3.63) is 64.9 Å². The number of halogens is 2. The molecule has 0 aliphatic carbocycles. The molecule has 0 aliphatic rings. The summed E-state index contributed by atoms with van der Waals surface area (Å²) in [6, 6.07) is 1.35. The number of methoxy groups -OCH3 is 1. The van der Waals surface area contributed by atoms with Crippen LogP contribution in [0.2, 0.25) is 0 Å². The molecule has 0 fully saturated rings. The van der Waals surface area contributed by atoms with E-state index in [9.17, 15) is 9.50 Å². The molecule has 0 saturated carbocycles. The highest BCUT2D eigenvalue weighted by atomic mass is 79.9. The molecule has 5 heteroatoms. The third kappa shape index (κ3) is 4.02. The van der Waals surface area contributed by atoms with E-state index >= 15 is 0 Å². The van der Waals surface area contributed by atoms with E-state index in [1.165, 1.54) is 13.2 Å². The Morgan fingerprint density at radius 2 is 2.25 bits per heavy atom. The Hall–Kier alpha value is -1.46. The summed E-state index contributed by atoms with van der Waals surface area (Å²) in [5, 5.41) is 9.59. The van der Waals surface area contributed by atoms with Crippen LogP contribution in [0.5, 0.6) is 0 Å². The van der Waals surface area contributed by atoms with E-state index < -0.39 is 5.82 Å². The first kappa shape index (κ1) is 16.6. The summed E-state index contributed by atoms with van der Waals surface area (Å²) < 4.78 is 18.8. The molecule has 0 bridgehead atoms. The van der Waals surface area contributed by atoms with Crippen molar-refractivity contribution in [3.8, 4) is 0 Å². The van der Waals surface area contributed by atoms with Crippen LogP contribution in [0.4, 0.5) is 4.39 Å². The summed E-state index contributed by atoms with van der Waals surface area (Å²) in [4.78, 5) is 4.04. The molecule has 1 heterocycles. The number of hydrogen-bond acceptors (Lipinski definition) is 3. The molecule has 1 N–H and O–H groups in total. The van der Waals surface area contributed by atoms with E-state index in [0.717, 1.165) is 11.8 Å². The average molecular weight is 342 g/mol. The Kier molecular flexibility index (Phi) is 6.61. The summed E-state index contributed by atoms with van der Waals surface area (Å²) in [5.74, 6) is -0.115. The van der Waals surface area contributed by atoms with Gasteiger partial charge < -0.3 is 9.84 Å². The van der Waals surface area contributed by atoms with E-state index in [-0.39, 0.29) is 12.5 Å². The molecule has 0 radical (unpaired) electrons. The lowest BCUT2D eigenvalue weighted by molar-refractivity contribution is 0.236. The number of nitrogens with zero attached hydrogens (tertiary/aromatic N) is 1. The monoisotopic (exact) mass is 341 g/mol. The molecule has 0 aliphatic heterocycles. The van der Waals surface area contributed by atoms with Gasteiger partial charge in [0, 0.05) is 10.4 Å². The lowest BCUT2D eigenvalue weighted by Gasteiger charge is -2.18. The number of rotatable bonds is 7. The lowest BCUT2D eigenvalue weighted by atomic mass is 9.93. The highest BCUT2D eigenvalue weighted by Crippen LogP contribution is 2.25. The molecule has 20 heavy (non-hydrogen) atoms. The Morgan fingerprint density at radius 1 is 1.55 bits per heavy atom. The molecular weight excluding hydrogens is 325 g/mol. The van der Waals surface area contributed by atoms with E-state index in [1.54, 1.807) is 12.2 Å². The van der Waals surface area contributed by atoms with Gasteiger partial charge in [-0.2, -0.15) is 0 Å². The zero-order valence-corrected chi connectivity index (χ0v) is 12.9. The van der Waals surface area contributed by atoms with E-state index in [1.807, 2.05) is 0 Å². The zero-order valence-electron chi connectivity index (χ0n) is 11.3. The number of aliphatic hydroxyl groups excluding tert-OH is 1. The minimum absolute atomic E-state index is 0.104. The van der Waals surface area contributed by atoms with Crippen molar-refractivity contribution in [2.75, 3.05) is 13.7 Å². The van der Waals surface area contributed by atoms with Gasteiger partial charge in [0.1, 0.15) is 11.6 Å². The number of aromatic nitrogens is 1. The van der Waals surface area contributed by atoms with Crippen molar-refractivity contribution < 1.29 is 14.2 Å². The van der Waals surface area contributed by atoms with Crippen LogP contribution in [0.3, 0.4) is 0 Å². The molecule has 0 aromatic carbocycles. The van der Waals surface area contributed by atoms with Crippen LogP contribution in [0.25, 0.3) is 0 Å². The molecule has 1 aromatic rings. The van der Waals surface area contributed by atoms with Crippen LogP contribution in [-0.4, -0.2) is 23.8 Å². The van der Waals surface area contributed by atoms with Crippen LogP contribution >= 0.6 is 15.9 Å². The van der Waals surface area contributed by atoms with Crippen molar-refractivity contribution in [2.45, 2.75) is 6.42 Å². The zero-order chi connectivity index (χ0) is 15.1. The van der Waals surface area contributed by atoms with Crippen molar-refractivity contribution in [3.63, 3.8) is 0 Å². The van der Waals surface area contributed by atoms with Crippen LogP contribution in [0.15, 0.2) is 53.4 Å². The predicted octanol–water partition coefficient (Wildman–Crippen LogP) is 3.41. The molecule has 108 valence electrons. The fourth-order valence-corrected chi connectivity index (χ4v) is 2.37. The smallest absolute Gasteiger partial charge is 0.142 e. The predicted molar refractivity (Wildman–Crippen MR) is 80.6 cm³/mol. The summed E-state index contributed by atoms with van der Waals surface area (Å²) in [5.41, 5.74) is 1.40. The lowest BCUT2D eigenvalue weighted by Crippen LogP contribution is -2.15. The molecule has 3 nitrogen and oxygen atoms in total. The molecule has 0 spiro atoms. The van der Waals surface area contributed by atoms with Gasteiger partial charge in [0.25, 0.3) is 0 Å². The summed E-state index contributed by atoms with van der Waals surface area (Å²) >= 11 is 3.27. The number of ether oxygens (including phenoxy) is 1. The Balaban J connectivity index is 3.10. The first-order valence-electron chi connectivity index (χ1n) is 6.01. The first-order chi connectivity index (χ1) is 9.57.